The van der Waals surface area contributed by atoms with Gasteiger partial charge in [0.2, 0.25) is 0 Å². The van der Waals surface area contributed by atoms with Crippen LogP contribution in [0.4, 0.5) is 0 Å². The minimum absolute atomic E-state index is 1.04. The van der Waals surface area contributed by atoms with Crippen molar-refractivity contribution >= 4 is 5.71 Å². The molecular formula is C18H25N. The van der Waals surface area contributed by atoms with Crippen LogP contribution < -0.4 is 0 Å². The Kier molecular flexibility index (Phi) is 5.75. The lowest BCUT2D eigenvalue weighted by atomic mass is 10.0. The molecule has 0 saturated heterocycles. The first-order valence-electron chi connectivity index (χ1n) is 6.93. The summed E-state index contributed by atoms with van der Waals surface area (Å²) < 4.78 is 0. The zero-order valence-electron chi connectivity index (χ0n) is 12.9. The molecule has 102 valence electrons. The van der Waals surface area contributed by atoms with Gasteiger partial charge < -0.3 is 0 Å². The van der Waals surface area contributed by atoms with Crippen LogP contribution in [0.3, 0.4) is 0 Å². The lowest BCUT2D eigenvalue weighted by Gasteiger charge is -2.08. The number of hydrogen-bond donors (Lipinski definition) is 0. The van der Waals surface area contributed by atoms with Crippen molar-refractivity contribution < 1.29 is 0 Å². The molecule has 0 N–H and O–H groups in total. The lowest BCUT2D eigenvalue weighted by Crippen LogP contribution is -1.97. The first kappa shape index (κ1) is 15.4. The van der Waals surface area contributed by atoms with Crippen LogP contribution in [-0.4, -0.2) is 5.71 Å². The normalized spacial score (nSPS) is 13.2. The summed E-state index contributed by atoms with van der Waals surface area (Å²) >= 11 is 0. The van der Waals surface area contributed by atoms with Gasteiger partial charge in [-0.1, -0.05) is 55.3 Å². The minimum atomic E-state index is 1.04. The predicted molar refractivity (Wildman–Crippen MR) is 85.8 cm³/mol. The van der Waals surface area contributed by atoms with Crippen LogP contribution in [0, 0.1) is 6.92 Å². The van der Waals surface area contributed by atoms with Gasteiger partial charge >= 0.3 is 0 Å². The molecule has 0 heterocycles. The highest BCUT2D eigenvalue weighted by molar-refractivity contribution is 5.99. The van der Waals surface area contributed by atoms with Crippen molar-refractivity contribution in [1.29, 1.82) is 0 Å². The first-order valence-corrected chi connectivity index (χ1v) is 6.93. The number of aliphatic imine (C=N–C) groups is 1. The fourth-order valence-electron chi connectivity index (χ4n) is 2.02. The van der Waals surface area contributed by atoms with E-state index in [2.05, 4.69) is 65.5 Å². The standard InChI is InChI=1S/C18H25N/c1-7-9-14(3)15(4)16(5)19-17(6)18-11-8-10-13(2)12-18/h8,10-12H,3,7,9H2,1-2,4-6H3/b16-15+,19-17+. The Hall–Kier alpha value is -1.63. The topological polar surface area (TPSA) is 12.4 Å². The molecule has 0 amide bonds. The molecule has 0 atom stereocenters. The van der Waals surface area contributed by atoms with Crippen molar-refractivity contribution in [1.82, 2.24) is 0 Å². The summed E-state index contributed by atoms with van der Waals surface area (Å²) in [6.45, 7) is 14.7. The van der Waals surface area contributed by atoms with Gasteiger partial charge in [-0.05, 0) is 45.3 Å². The minimum Gasteiger partial charge on any atom is -0.258 e. The summed E-state index contributed by atoms with van der Waals surface area (Å²) in [5.41, 5.74) is 6.99. The average molecular weight is 255 g/mol. The quantitative estimate of drug-likeness (QED) is 0.490. The molecule has 19 heavy (non-hydrogen) atoms. The SMILES string of the molecule is C=C(CCC)/C(C)=C(C)/N=C(\C)c1cccc(C)c1. The van der Waals surface area contributed by atoms with Crippen molar-refractivity contribution in [3.05, 3.63) is 58.8 Å². The Balaban J connectivity index is 3.01. The van der Waals surface area contributed by atoms with Gasteiger partial charge in [0, 0.05) is 11.4 Å². The smallest absolute Gasteiger partial charge is 0.0448 e. The summed E-state index contributed by atoms with van der Waals surface area (Å²) in [6.07, 6.45) is 2.17. The van der Waals surface area contributed by atoms with Crippen LogP contribution in [-0.2, 0) is 0 Å². The summed E-state index contributed by atoms with van der Waals surface area (Å²) in [5.74, 6) is 0. The molecule has 0 radical (unpaired) electrons. The van der Waals surface area contributed by atoms with Gasteiger partial charge in [0.1, 0.15) is 0 Å². The Bertz CT molecular complexity index is 518. The van der Waals surface area contributed by atoms with Crippen molar-refractivity contribution in [3.8, 4) is 0 Å². The number of rotatable bonds is 5. The molecule has 0 aromatic heterocycles. The fourth-order valence-corrected chi connectivity index (χ4v) is 2.02. The van der Waals surface area contributed by atoms with E-state index in [0.29, 0.717) is 0 Å². The van der Waals surface area contributed by atoms with Crippen LogP contribution >= 0.6 is 0 Å². The molecule has 0 aliphatic rings. The molecule has 1 nitrogen and oxygen atoms in total. The molecule has 0 unspecified atom stereocenters. The van der Waals surface area contributed by atoms with Crippen LogP contribution in [0.1, 0.15) is 51.7 Å². The van der Waals surface area contributed by atoms with Gasteiger partial charge in [0.15, 0.2) is 0 Å². The number of allylic oxidation sites excluding steroid dienone is 3. The van der Waals surface area contributed by atoms with E-state index < -0.39 is 0 Å². The summed E-state index contributed by atoms with van der Waals surface area (Å²) in [5, 5.41) is 0. The fraction of sp³-hybridized carbons (Fsp3) is 0.389. The summed E-state index contributed by atoms with van der Waals surface area (Å²) in [4.78, 5) is 4.73. The van der Waals surface area contributed by atoms with E-state index in [-0.39, 0.29) is 0 Å². The van der Waals surface area contributed by atoms with Crippen molar-refractivity contribution in [2.75, 3.05) is 0 Å². The Morgan fingerprint density at radius 3 is 2.47 bits per heavy atom. The molecule has 1 rings (SSSR count). The molecule has 1 aromatic rings. The van der Waals surface area contributed by atoms with E-state index in [1.807, 2.05) is 0 Å². The van der Waals surface area contributed by atoms with Crippen molar-refractivity contribution in [2.24, 2.45) is 4.99 Å². The van der Waals surface area contributed by atoms with Crippen LogP contribution in [0.5, 0.6) is 0 Å². The number of aryl methyl sites for hydroxylation is 1. The lowest BCUT2D eigenvalue weighted by molar-refractivity contribution is 0.909. The zero-order valence-corrected chi connectivity index (χ0v) is 12.9. The number of nitrogens with zero attached hydrogens (tertiary/aromatic N) is 1. The molecule has 0 aliphatic carbocycles. The predicted octanol–water partition coefficient (Wildman–Crippen LogP) is 5.45. The first-order chi connectivity index (χ1) is 8.95. The van der Waals surface area contributed by atoms with Crippen LogP contribution in [0.25, 0.3) is 0 Å². The van der Waals surface area contributed by atoms with E-state index >= 15 is 0 Å². The van der Waals surface area contributed by atoms with Gasteiger partial charge in [0.25, 0.3) is 0 Å². The molecule has 0 saturated carbocycles. The van der Waals surface area contributed by atoms with Gasteiger partial charge in [-0.2, -0.15) is 0 Å². The van der Waals surface area contributed by atoms with Crippen LogP contribution in [0.15, 0.2) is 52.7 Å². The second-order valence-electron chi connectivity index (χ2n) is 5.13. The van der Waals surface area contributed by atoms with Crippen LogP contribution in [0.2, 0.25) is 0 Å². The number of hydrogen-bond acceptors (Lipinski definition) is 1. The largest absolute Gasteiger partial charge is 0.258 e. The molecule has 1 aromatic carbocycles. The Morgan fingerprint density at radius 2 is 1.89 bits per heavy atom. The maximum absolute atomic E-state index is 4.73. The highest BCUT2D eigenvalue weighted by Crippen LogP contribution is 2.19. The Morgan fingerprint density at radius 1 is 1.21 bits per heavy atom. The average Bonchev–Trinajstić information content (AvgIpc) is 2.37. The zero-order chi connectivity index (χ0) is 14.4. The third kappa shape index (κ3) is 4.51. The second kappa shape index (κ2) is 7.08. The van der Waals surface area contributed by atoms with E-state index in [1.165, 1.54) is 22.3 Å². The van der Waals surface area contributed by atoms with E-state index in [4.69, 9.17) is 4.99 Å². The maximum atomic E-state index is 4.73. The monoisotopic (exact) mass is 255 g/mol. The maximum Gasteiger partial charge on any atom is 0.0448 e. The van der Waals surface area contributed by atoms with Crippen molar-refractivity contribution in [2.45, 2.75) is 47.5 Å². The van der Waals surface area contributed by atoms with Gasteiger partial charge in [-0.3, -0.25) is 4.99 Å². The molecular weight excluding hydrogens is 230 g/mol. The van der Waals surface area contributed by atoms with Gasteiger partial charge in [0.05, 0.1) is 0 Å². The third-order valence-corrected chi connectivity index (χ3v) is 3.40. The third-order valence-electron chi connectivity index (χ3n) is 3.40. The molecule has 1 heteroatoms. The highest BCUT2D eigenvalue weighted by atomic mass is 14.7. The van der Waals surface area contributed by atoms with E-state index in [9.17, 15) is 0 Å². The summed E-state index contributed by atoms with van der Waals surface area (Å²) in [6, 6.07) is 8.46. The van der Waals surface area contributed by atoms with E-state index in [1.54, 1.807) is 0 Å². The molecule has 0 aliphatic heterocycles. The molecule has 0 bridgehead atoms. The Labute approximate surface area is 117 Å². The van der Waals surface area contributed by atoms with Gasteiger partial charge in [-0.25, -0.2) is 0 Å². The number of benzene rings is 1. The molecule has 0 fully saturated rings. The van der Waals surface area contributed by atoms with Gasteiger partial charge in [-0.15, -0.1) is 0 Å². The summed E-state index contributed by atoms with van der Waals surface area (Å²) in [7, 11) is 0. The highest BCUT2D eigenvalue weighted by Gasteiger charge is 2.02. The van der Waals surface area contributed by atoms with Crippen molar-refractivity contribution in [3.63, 3.8) is 0 Å². The second-order valence-corrected chi connectivity index (χ2v) is 5.13. The molecule has 0 spiro atoms. The van der Waals surface area contributed by atoms with E-state index in [0.717, 1.165) is 24.3 Å².